The molecule has 1 atom stereocenters. The second-order valence-electron chi connectivity index (χ2n) is 4.52. The van der Waals surface area contributed by atoms with Crippen molar-refractivity contribution >= 4 is 11.5 Å². The SMILES string of the molecule is CCn1ccnc1C(C)Nc1nccc(C)c1[N+](=O)[O-]. The zero-order chi connectivity index (χ0) is 14.7. The Balaban J connectivity index is 2.31. The van der Waals surface area contributed by atoms with Crippen LogP contribution in [-0.2, 0) is 6.54 Å². The molecule has 7 heteroatoms. The highest BCUT2D eigenvalue weighted by Gasteiger charge is 2.21. The first-order chi connectivity index (χ1) is 9.54. The van der Waals surface area contributed by atoms with Crippen LogP contribution in [0.15, 0.2) is 24.7 Å². The van der Waals surface area contributed by atoms with Gasteiger partial charge in [-0.25, -0.2) is 9.97 Å². The van der Waals surface area contributed by atoms with Crippen molar-refractivity contribution in [3.05, 3.63) is 46.2 Å². The predicted octanol–water partition coefficient (Wildman–Crippen LogP) is 2.69. The Bertz CT molecular complexity index is 623. The minimum absolute atomic E-state index is 0.00829. The van der Waals surface area contributed by atoms with Crippen LogP contribution in [0.2, 0.25) is 0 Å². The summed E-state index contributed by atoms with van der Waals surface area (Å²) in [6.07, 6.45) is 5.16. The minimum atomic E-state index is -0.413. The Hall–Kier alpha value is -2.44. The molecule has 0 radical (unpaired) electrons. The van der Waals surface area contributed by atoms with E-state index < -0.39 is 4.92 Å². The van der Waals surface area contributed by atoms with Gasteiger partial charge in [-0.1, -0.05) is 0 Å². The largest absolute Gasteiger partial charge is 0.355 e. The summed E-state index contributed by atoms with van der Waals surface area (Å²) in [4.78, 5) is 19.1. The highest BCUT2D eigenvalue weighted by atomic mass is 16.6. The van der Waals surface area contributed by atoms with E-state index in [2.05, 4.69) is 15.3 Å². The summed E-state index contributed by atoms with van der Waals surface area (Å²) in [6, 6.07) is 1.46. The third kappa shape index (κ3) is 2.61. The molecule has 0 bridgehead atoms. The lowest BCUT2D eigenvalue weighted by Crippen LogP contribution is -2.15. The van der Waals surface area contributed by atoms with Crippen molar-refractivity contribution < 1.29 is 4.92 Å². The van der Waals surface area contributed by atoms with E-state index >= 15 is 0 Å². The number of nitrogens with one attached hydrogen (secondary N) is 1. The van der Waals surface area contributed by atoms with Gasteiger partial charge in [0.15, 0.2) is 0 Å². The fourth-order valence-electron chi connectivity index (χ4n) is 2.12. The highest BCUT2D eigenvalue weighted by molar-refractivity contribution is 5.60. The molecular formula is C13H17N5O2. The van der Waals surface area contributed by atoms with E-state index in [1.54, 1.807) is 25.4 Å². The number of hydrogen-bond donors (Lipinski definition) is 1. The van der Waals surface area contributed by atoms with E-state index in [4.69, 9.17) is 0 Å². The van der Waals surface area contributed by atoms with E-state index in [0.717, 1.165) is 12.4 Å². The van der Waals surface area contributed by atoms with Gasteiger partial charge in [-0.3, -0.25) is 10.1 Å². The number of aryl methyl sites for hydroxylation is 2. The Morgan fingerprint density at radius 3 is 2.85 bits per heavy atom. The fourth-order valence-corrected chi connectivity index (χ4v) is 2.12. The average molecular weight is 275 g/mol. The highest BCUT2D eigenvalue weighted by Crippen LogP contribution is 2.28. The fraction of sp³-hybridized carbons (Fsp3) is 0.385. The number of imidazole rings is 1. The Morgan fingerprint density at radius 2 is 2.20 bits per heavy atom. The molecule has 106 valence electrons. The molecule has 20 heavy (non-hydrogen) atoms. The van der Waals surface area contributed by atoms with Crippen LogP contribution in [-0.4, -0.2) is 19.5 Å². The summed E-state index contributed by atoms with van der Waals surface area (Å²) in [5.74, 6) is 1.10. The van der Waals surface area contributed by atoms with Gasteiger partial charge in [0.05, 0.1) is 11.0 Å². The van der Waals surface area contributed by atoms with Crippen LogP contribution in [0.5, 0.6) is 0 Å². The summed E-state index contributed by atoms with van der Waals surface area (Å²) in [6.45, 7) is 6.42. The van der Waals surface area contributed by atoms with Gasteiger partial charge in [-0.15, -0.1) is 0 Å². The molecule has 2 heterocycles. The zero-order valence-corrected chi connectivity index (χ0v) is 11.7. The normalized spacial score (nSPS) is 12.2. The first-order valence-electron chi connectivity index (χ1n) is 6.42. The molecule has 1 N–H and O–H groups in total. The minimum Gasteiger partial charge on any atom is -0.355 e. The maximum Gasteiger partial charge on any atom is 0.314 e. The van der Waals surface area contributed by atoms with Crippen LogP contribution in [0.4, 0.5) is 11.5 Å². The summed E-state index contributed by atoms with van der Waals surface area (Å²) >= 11 is 0. The standard InChI is InChI=1S/C13H17N5O2/c1-4-17-8-7-15-13(17)10(3)16-12-11(18(19)20)9(2)5-6-14-12/h5-8,10H,4H2,1-3H3,(H,14,16). The maximum absolute atomic E-state index is 11.1. The molecule has 2 aromatic rings. The van der Waals surface area contributed by atoms with E-state index in [-0.39, 0.29) is 17.5 Å². The van der Waals surface area contributed by atoms with E-state index in [0.29, 0.717) is 5.56 Å². The van der Waals surface area contributed by atoms with Crippen molar-refractivity contribution in [3.63, 3.8) is 0 Å². The van der Waals surface area contributed by atoms with Crippen LogP contribution in [0, 0.1) is 17.0 Å². The Kier molecular flexibility index (Phi) is 3.97. The second-order valence-corrected chi connectivity index (χ2v) is 4.52. The van der Waals surface area contributed by atoms with Crippen molar-refractivity contribution in [1.29, 1.82) is 0 Å². The Labute approximate surface area is 116 Å². The molecule has 0 spiro atoms. The van der Waals surface area contributed by atoms with Crippen molar-refractivity contribution in [2.45, 2.75) is 33.4 Å². The van der Waals surface area contributed by atoms with Crippen LogP contribution < -0.4 is 5.32 Å². The molecule has 2 rings (SSSR count). The number of rotatable bonds is 5. The third-order valence-corrected chi connectivity index (χ3v) is 3.14. The molecule has 0 fully saturated rings. The van der Waals surface area contributed by atoms with Gasteiger partial charge in [0.2, 0.25) is 5.82 Å². The van der Waals surface area contributed by atoms with Gasteiger partial charge >= 0.3 is 5.69 Å². The number of aromatic nitrogens is 3. The monoisotopic (exact) mass is 275 g/mol. The van der Waals surface area contributed by atoms with Gasteiger partial charge in [-0.05, 0) is 26.8 Å². The van der Waals surface area contributed by atoms with Gasteiger partial charge in [0.1, 0.15) is 5.82 Å². The van der Waals surface area contributed by atoms with Gasteiger partial charge < -0.3 is 9.88 Å². The van der Waals surface area contributed by atoms with Crippen molar-refractivity contribution in [3.8, 4) is 0 Å². The van der Waals surface area contributed by atoms with E-state index in [1.807, 2.05) is 24.6 Å². The molecule has 7 nitrogen and oxygen atoms in total. The van der Waals surface area contributed by atoms with Gasteiger partial charge in [-0.2, -0.15) is 0 Å². The van der Waals surface area contributed by atoms with Crippen LogP contribution in [0.3, 0.4) is 0 Å². The molecule has 0 aliphatic rings. The quantitative estimate of drug-likeness (QED) is 0.669. The summed E-state index contributed by atoms with van der Waals surface area (Å²) < 4.78 is 1.99. The number of nitro groups is 1. The topological polar surface area (TPSA) is 85.9 Å². The molecule has 0 aliphatic carbocycles. The lowest BCUT2D eigenvalue weighted by atomic mass is 10.2. The number of pyridine rings is 1. The van der Waals surface area contributed by atoms with Gasteiger partial charge in [0.25, 0.3) is 0 Å². The summed E-state index contributed by atoms with van der Waals surface area (Å²) in [5.41, 5.74) is 0.590. The van der Waals surface area contributed by atoms with Crippen molar-refractivity contribution in [1.82, 2.24) is 14.5 Å². The lowest BCUT2D eigenvalue weighted by Gasteiger charge is -2.15. The number of anilines is 1. The van der Waals surface area contributed by atoms with Crippen molar-refractivity contribution in [2.75, 3.05) is 5.32 Å². The average Bonchev–Trinajstić information content (AvgIpc) is 2.86. The number of nitrogens with zero attached hydrogens (tertiary/aromatic N) is 4. The molecule has 1 unspecified atom stereocenters. The first-order valence-corrected chi connectivity index (χ1v) is 6.42. The molecule has 0 saturated heterocycles. The molecule has 0 aromatic carbocycles. The third-order valence-electron chi connectivity index (χ3n) is 3.14. The molecule has 0 aliphatic heterocycles. The summed E-state index contributed by atoms with van der Waals surface area (Å²) in [7, 11) is 0. The molecule has 0 saturated carbocycles. The smallest absolute Gasteiger partial charge is 0.314 e. The molecule has 0 amide bonds. The van der Waals surface area contributed by atoms with Crippen LogP contribution >= 0.6 is 0 Å². The number of hydrogen-bond acceptors (Lipinski definition) is 5. The molecular weight excluding hydrogens is 258 g/mol. The predicted molar refractivity (Wildman–Crippen MR) is 75.6 cm³/mol. The van der Waals surface area contributed by atoms with E-state index in [1.165, 1.54) is 0 Å². The van der Waals surface area contributed by atoms with E-state index in [9.17, 15) is 10.1 Å². The lowest BCUT2D eigenvalue weighted by molar-refractivity contribution is -0.384. The molecule has 2 aromatic heterocycles. The second kappa shape index (κ2) is 5.68. The maximum atomic E-state index is 11.1. The Morgan fingerprint density at radius 1 is 1.45 bits per heavy atom. The summed E-state index contributed by atoms with van der Waals surface area (Å²) in [5, 5.41) is 14.2. The van der Waals surface area contributed by atoms with Crippen LogP contribution in [0.25, 0.3) is 0 Å². The zero-order valence-electron chi connectivity index (χ0n) is 11.7. The van der Waals surface area contributed by atoms with Crippen molar-refractivity contribution in [2.24, 2.45) is 0 Å². The van der Waals surface area contributed by atoms with Gasteiger partial charge in [0, 0.05) is 30.7 Å². The van der Waals surface area contributed by atoms with Crippen LogP contribution in [0.1, 0.15) is 31.3 Å². The first kappa shape index (κ1) is 14.0.